The number of halogens is 4. The SMILES string of the molecule is Cc1ccc(F)c(C)c1C(=O)CN(C(=O)c1cnn(C2CCC(C)(C(=O)O)CC2)c1C(F)(F)F)C1CC2[C@H](C1)C2(C)C. The average Bonchev–Trinajstić information content (AvgIpc) is 3.33. The molecule has 1 aromatic carbocycles. The van der Waals surface area contributed by atoms with Crippen molar-refractivity contribution in [3.63, 3.8) is 0 Å². The number of Topliss-reactive ketones (excluding diaryl/α,β-unsaturated/α-hetero) is 1. The van der Waals surface area contributed by atoms with Crippen LogP contribution in [0.3, 0.4) is 0 Å². The summed E-state index contributed by atoms with van der Waals surface area (Å²) in [6, 6.07) is 1.57. The van der Waals surface area contributed by atoms with Gasteiger partial charge in [-0.15, -0.1) is 0 Å². The summed E-state index contributed by atoms with van der Waals surface area (Å²) in [7, 11) is 0. The van der Waals surface area contributed by atoms with E-state index in [4.69, 9.17) is 0 Å². The molecule has 3 fully saturated rings. The lowest BCUT2D eigenvalue weighted by molar-refractivity contribution is -0.152. The molecule has 3 saturated carbocycles. The largest absolute Gasteiger partial charge is 0.481 e. The standard InChI is InChI=1S/C31H37F4N3O4/c1-16-6-7-23(32)17(2)25(16)24(39)15-37(19-12-21-22(13-19)29(21,3)4)27(40)20-14-36-38(26(20)31(33,34)35)18-8-10-30(5,11-9-18)28(41)42/h6-7,14,18-19,21-22H,8-13,15H2,1-5H3,(H,41,42)/t18?,19?,21-,22?,30?/m0/s1. The summed E-state index contributed by atoms with van der Waals surface area (Å²) < 4.78 is 59.0. The molecule has 1 amide bonds. The Labute approximate surface area is 242 Å². The maximum Gasteiger partial charge on any atom is 0.433 e. The van der Waals surface area contributed by atoms with E-state index in [1.807, 2.05) is 0 Å². The number of fused-ring (bicyclic) bond motifs is 1. The first-order valence-electron chi connectivity index (χ1n) is 14.5. The van der Waals surface area contributed by atoms with Crippen LogP contribution in [0.4, 0.5) is 17.6 Å². The van der Waals surface area contributed by atoms with Crippen molar-refractivity contribution >= 4 is 17.7 Å². The average molecular weight is 592 g/mol. The minimum Gasteiger partial charge on any atom is -0.481 e. The fourth-order valence-electron chi connectivity index (χ4n) is 7.51. The van der Waals surface area contributed by atoms with Crippen molar-refractivity contribution in [3.05, 3.63) is 52.1 Å². The second-order valence-corrected chi connectivity index (χ2v) is 13.3. The molecule has 0 saturated heterocycles. The number of carboxylic acid groups (broad SMARTS) is 1. The minimum atomic E-state index is -4.92. The molecule has 3 aliphatic carbocycles. The number of aryl methyl sites for hydroxylation is 1. The predicted molar refractivity (Wildman–Crippen MR) is 146 cm³/mol. The van der Waals surface area contributed by atoms with Crippen molar-refractivity contribution in [3.8, 4) is 0 Å². The molecule has 3 atom stereocenters. The molecule has 0 spiro atoms. The highest BCUT2D eigenvalue weighted by atomic mass is 19.4. The van der Waals surface area contributed by atoms with Crippen LogP contribution in [-0.4, -0.2) is 50.0 Å². The number of ketones is 1. The maximum absolute atomic E-state index is 14.6. The van der Waals surface area contributed by atoms with E-state index in [1.165, 1.54) is 24.0 Å². The van der Waals surface area contributed by atoms with E-state index < -0.39 is 65.0 Å². The van der Waals surface area contributed by atoms with Crippen LogP contribution in [0, 0.1) is 42.3 Å². The summed E-state index contributed by atoms with van der Waals surface area (Å²) in [5, 5.41) is 13.6. The van der Waals surface area contributed by atoms with E-state index >= 15 is 0 Å². The monoisotopic (exact) mass is 591 g/mol. The normalized spacial score (nSPS) is 28.3. The number of hydrogen-bond acceptors (Lipinski definition) is 4. The molecule has 228 valence electrons. The second kappa shape index (κ2) is 10.2. The lowest BCUT2D eigenvalue weighted by Gasteiger charge is -2.35. The van der Waals surface area contributed by atoms with Crippen LogP contribution >= 0.6 is 0 Å². The Morgan fingerprint density at radius 1 is 1.07 bits per heavy atom. The summed E-state index contributed by atoms with van der Waals surface area (Å²) in [4.78, 5) is 40.5. The number of benzene rings is 1. The zero-order valence-corrected chi connectivity index (χ0v) is 24.5. The molecule has 1 N–H and O–H groups in total. The molecule has 2 unspecified atom stereocenters. The Morgan fingerprint density at radius 3 is 2.21 bits per heavy atom. The molecule has 1 aromatic heterocycles. The number of aliphatic carboxylic acids is 1. The number of rotatable bonds is 7. The fourth-order valence-corrected chi connectivity index (χ4v) is 7.51. The molecule has 0 bridgehead atoms. The summed E-state index contributed by atoms with van der Waals surface area (Å²) >= 11 is 0. The van der Waals surface area contributed by atoms with Gasteiger partial charge >= 0.3 is 12.1 Å². The van der Waals surface area contributed by atoms with Gasteiger partial charge in [0.25, 0.3) is 5.91 Å². The zero-order valence-electron chi connectivity index (χ0n) is 24.5. The van der Waals surface area contributed by atoms with E-state index in [0.29, 0.717) is 30.2 Å². The first-order valence-corrected chi connectivity index (χ1v) is 14.5. The lowest BCUT2D eigenvalue weighted by Crippen LogP contribution is -2.44. The molecule has 3 aliphatic rings. The van der Waals surface area contributed by atoms with Crippen molar-refractivity contribution in [2.45, 2.75) is 91.4 Å². The summed E-state index contributed by atoms with van der Waals surface area (Å²) in [6.45, 7) is 8.49. The van der Waals surface area contributed by atoms with Gasteiger partial charge in [-0.05, 0) is 93.7 Å². The Kier molecular flexibility index (Phi) is 7.33. The van der Waals surface area contributed by atoms with Gasteiger partial charge in [0, 0.05) is 11.6 Å². The van der Waals surface area contributed by atoms with Gasteiger partial charge in [0.15, 0.2) is 11.5 Å². The number of nitrogens with zero attached hydrogens (tertiary/aromatic N) is 3. The molecular weight excluding hydrogens is 554 g/mol. The van der Waals surface area contributed by atoms with Crippen molar-refractivity contribution in [2.24, 2.45) is 22.7 Å². The van der Waals surface area contributed by atoms with E-state index in [9.17, 15) is 37.1 Å². The molecule has 11 heteroatoms. The topological polar surface area (TPSA) is 92.5 Å². The third-order valence-corrected chi connectivity index (χ3v) is 10.5. The third-order valence-electron chi connectivity index (χ3n) is 10.5. The van der Waals surface area contributed by atoms with Crippen LogP contribution in [0.2, 0.25) is 0 Å². The highest BCUT2D eigenvalue weighted by molar-refractivity contribution is 6.04. The fraction of sp³-hybridized carbons (Fsp3) is 0.613. The third kappa shape index (κ3) is 5.02. The van der Waals surface area contributed by atoms with Gasteiger partial charge in [0.2, 0.25) is 0 Å². The molecule has 2 aromatic rings. The van der Waals surface area contributed by atoms with Gasteiger partial charge in [-0.3, -0.25) is 19.1 Å². The van der Waals surface area contributed by atoms with E-state index in [1.54, 1.807) is 13.8 Å². The molecular formula is C31H37F4N3O4. The van der Waals surface area contributed by atoms with Crippen molar-refractivity contribution < 1.29 is 37.1 Å². The summed E-state index contributed by atoms with van der Waals surface area (Å²) in [5.74, 6) is -2.40. The van der Waals surface area contributed by atoms with Gasteiger partial charge in [-0.1, -0.05) is 19.9 Å². The van der Waals surface area contributed by atoms with Crippen molar-refractivity contribution in [1.82, 2.24) is 14.7 Å². The van der Waals surface area contributed by atoms with Crippen LogP contribution < -0.4 is 0 Å². The van der Waals surface area contributed by atoms with E-state index in [-0.39, 0.29) is 42.2 Å². The lowest BCUT2D eigenvalue weighted by atomic mass is 9.74. The number of hydrogen-bond donors (Lipinski definition) is 1. The van der Waals surface area contributed by atoms with Gasteiger partial charge in [0.05, 0.1) is 29.8 Å². The number of carbonyl (C=O) groups is 3. The molecule has 42 heavy (non-hydrogen) atoms. The van der Waals surface area contributed by atoms with E-state index in [0.717, 1.165) is 10.9 Å². The molecule has 1 heterocycles. The highest BCUT2D eigenvalue weighted by Crippen LogP contribution is 2.67. The smallest absolute Gasteiger partial charge is 0.433 e. The second-order valence-electron chi connectivity index (χ2n) is 13.3. The summed E-state index contributed by atoms with van der Waals surface area (Å²) in [6.07, 6.45) is -2.15. The molecule has 7 nitrogen and oxygen atoms in total. The van der Waals surface area contributed by atoms with Crippen LogP contribution in [0.25, 0.3) is 0 Å². The van der Waals surface area contributed by atoms with Gasteiger partial charge in [0.1, 0.15) is 5.82 Å². The quantitative estimate of drug-likeness (QED) is 0.289. The van der Waals surface area contributed by atoms with Gasteiger partial charge in [-0.25, -0.2) is 4.39 Å². The number of carboxylic acids is 1. The van der Waals surface area contributed by atoms with Crippen LogP contribution in [0.15, 0.2) is 18.3 Å². The molecule has 0 aliphatic heterocycles. The van der Waals surface area contributed by atoms with Crippen LogP contribution in [0.5, 0.6) is 0 Å². The maximum atomic E-state index is 14.6. The zero-order chi connectivity index (χ0) is 30.9. The number of aromatic nitrogens is 2. The Morgan fingerprint density at radius 2 is 1.67 bits per heavy atom. The Bertz CT molecular complexity index is 1420. The van der Waals surface area contributed by atoms with Crippen molar-refractivity contribution in [1.29, 1.82) is 0 Å². The van der Waals surface area contributed by atoms with Crippen LogP contribution in [0.1, 0.15) is 103 Å². The van der Waals surface area contributed by atoms with E-state index in [2.05, 4.69) is 18.9 Å². The first-order chi connectivity index (χ1) is 19.5. The Hall–Kier alpha value is -3.24. The number of carbonyl (C=O) groups excluding carboxylic acids is 2. The first kappa shape index (κ1) is 30.2. The van der Waals surface area contributed by atoms with Gasteiger partial charge in [-0.2, -0.15) is 18.3 Å². The summed E-state index contributed by atoms with van der Waals surface area (Å²) in [5.41, 5.74) is -1.97. The van der Waals surface area contributed by atoms with Gasteiger partial charge < -0.3 is 10.0 Å². The number of amides is 1. The number of alkyl halides is 3. The predicted octanol–water partition coefficient (Wildman–Crippen LogP) is 6.62. The van der Waals surface area contributed by atoms with Crippen LogP contribution in [-0.2, 0) is 11.0 Å². The molecule has 5 rings (SSSR count). The minimum absolute atomic E-state index is 0.0818. The van der Waals surface area contributed by atoms with Crippen molar-refractivity contribution in [2.75, 3.05) is 6.54 Å². The highest BCUT2D eigenvalue weighted by Gasteiger charge is 2.63. The molecule has 0 radical (unpaired) electrons. The Balaban J connectivity index is 1.49.